The van der Waals surface area contributed by atoms with Crippen molar-refractivity contribution in [3.63, 3.8) is 0 Å². The largest absolute Gasteiger partial charge is 0.316 e. The van der Waals surface area contributed by atoms with Gasteiger partial charge in [0, 0.05) is 17.3 Å². The standard InChI is InChI=1S/C12H5ClF4N2O/c13-5-1-2-18-8(3-5)12(20)19-11-9(16)6(14)4-7(15)10(11)17/h1-4H,(H,19,20). The summed E-state index contributed by atoms with van der Waals surface area (Å²) in [6, 6.07) is 2.54. The van der Waals surface area contributed by atoms with E-state index in [1.165, 1.54) is 12.3 Å². The Morgan fingerprint density at radius 2 is 1.70 bits per heavy atom. The van der Waals surface area contributed by atoms with Crippen molar-refractivity contribution in [2.24, 2.45) is 0 Å². The molecule has 0 saturated heterocycles. The molecule has 0 spiro atoms. The Bertz CT molecular complexity index is 667. The highest BCUT2D eigenvalue weighted by molar-refractivity contribution is 6.30. The lowest BCUT2D eigenvalue weighted by molar-refractivity contribution is 0.102. The van der Waals surface area contributed by atoms with Crippen LogP contribution in [0.1, 0.15) is 10.5 Å². The van der Waals surface area contributed by atoms with Crippen LogP contribution in [0.4, 0.5) is 23.2 Å². The molecule has 1 N–H and O–H groups in total. The molecule has 0 saturated carbocycles. The number of aromatic nitrogens is 1. The number of benzene rings is 1. The van der Waals surface area contributed by atoms with Crippen LogP contribution in [0.15, 0.2) is 24.4 Å². The number of amides is 1. The van der Waals surface area contributed by atoms with Gasteiger partial charge in [0.15, 0.2) is 23.3 Å². The lowest BCUT2D eigenvalue weighted by atomic mass is 10.2. The molecule has 0 radical (unpaired) electrons. The number of nitrogens with zero attached hydrogens (tertiary/aromatic N) is 1. The number of carbonyl (C=O) groups excluding carboxylic acids is 1. The van der Waals surface area contributed by atoms with Crippen LogP contribution in [0.3, 0.4) is 0 Å². The van der Waals surface area contributed by atoms with Gasteiger partial charge in [-0.3, -0.25) is 9.78 Å². The van der Waals surface area contributed by atoms with E-state index in [0.717, 1.165) is 6.07 Å². The molecule has 0 aliphatic rings. The van der Waals surface area contributed by atoms with Crippen molar-refractivity contribution in [3.8, 4) is 0 Å². The predicted molar refractivity (Wildman–Crippen MR) is 63.5 cm³/mol. The van der Waals surface area contributed by atoms with Gasteiger partial charge in [-0.15, -0.1) is 0 Å². The van der Waals surface area contributed by atoms with Gasteiger partial charge in [0.2, 0.25) is 0 Å². The van der Waals surface area contributed by atoms with Crippen LogP contribution in [0, 0.1) is 23.3 Å². The summed E-state index contributed by atoms with van der Waals surface area (Å²) in [6.07, 6.45) is 1.19. The number of carbonyl (C=O) groups is 1. The van der Waals surface area contributed by atoms with Crippen molar-refractivity contribution in [1.82, 2.24) is 4.98 Å². The normalized spacial score (nSPS) is 10.4. The zero-order valence-electron chi connectivity index (χ0n) is 9.55. The quantitative estimate of drug-likeness (QED) is 0.681. The highest BCUT2D eigenvalue weighted by Crippen LogP contribution is 2.24. The molecule has 8 heteroatoms. The van der Waals surface area contributed by atoms with Gasteiger partial charge < -0.3 is 5.32 Å². The summed E-state index contributed by atoms with van der Waals surface area (Å²) in [5.41, 5.74) is -1.49. The lowest BCUT2D eigenvalue weighted by Gasteiger charge is -2.08. The molecular weight excluding hydrogens is 300 g/mol. The van der Waals surface area contributed by atoms with Gasteiger partial charge in [0.05, 0.1) is 0 Å². The van der Waals surface area contributed by atoms with Gasteiger partial charge in [0.25, 0.3) is 5.91 Å². The first-order valence-corrected chi connectivity index (χ1v) is 5.54. The number of rotatable bonds is 2. The molecule has 0 fully saturated rings. The number of hydrogen-bond acceptors (Lipinski definition) is 2. The molecule has 1 aromatic heterocycles. The van der Waals surface area contributed by atoms with E-state index in [1.54, 1.807) is 5.32 Å². The maximum atomic E-state index is 13.4. The molecule has 0 unspecified atom stereocenters. The molecule has 1 amide bonds. The minimum Gasteiger partial charge on any atom is -0.316 e. The van der Waals surface area contributed by atoms with E-state index in [0.29, 0.717) is 0 Å². The second kappa shape index (κ2) is 5.46. The summed E-state index contributed by atoms with van der Waals surface area (Å²) >= 11 is 5.62. The molecule has 3 nitrogen and oxygen atoms in total. The van der Waals surface area contributed by atoms with E-state index < -0.39 is 34.9 Å². The van der Waals surface area contributed by atoms with Gasteiger partial charge in [-0.25, -0.2) is 17.6 Å². The molecule has 0 atom stereocenters. The minimum absolute atomic E-state index is 0.0396. The Morgan fingerprint density at radius 1 is 1.10 bits per heavy atom. The molecule has 2 aromatic rings. The first-order valence-electron chi connectivity index (χ1n) is 5.16. The van der Waals surface area contributed by atoms with Crippen molar-refractivity contribution < 1.29 is 22.4 Å². The van der Waals surface area contributed by atoms with E-state index in [4.69, 9.17) is 11.6 Å². The topological polar surface area (TPSA) is 42.0 Å². The average molecular weight is 305 g/mol. The van der Waals surface area contributed by atoms with Gasteiger partial charge in [-0.1, -0.05) is 11.6 Å². The molecule has 1 heterocycles. The second-order valence-corrected chi connectivity index (χ2v) is 4.09. The molecule has 0 aliphatic carbocycles. The van der Waals surface area contributed by atoms with Crippen LogP contribution in [-0.4, -0.2) is 10.9 Å². The van der Waals surface area contributed by atoms with Crippen LogP contribution in [-0.2, 0) is 0 Å². The van der Waals surface area contributed by atoms with Crippen LogP contribution in [0.5, 0.6) is 0 Å². The number of hydrogen-bond donors (Lipinski definition) is 1. The first-order chi connectivity index (χ1) is 9.40. The van der Waals surface area contributed by atoms with Crippen molar-refractivity contribution in [2.75, 3.05) is 5.32 Å². The average Bonchev–Trinajstić information content (AvgIpc) is 2.41. The fraction of sp³-hybridized carbons (Fsp3) is 0. The van der Waals surface area contributed by atoms with Gasteiger partial charge in [0.1, 0.15) is 11.4 Å². The van der Waals surface area contributed by atoms with E-state index >= 15 is 0 Å². The Kier molecular flexibility index (Phi) is 3.89. The predicted octanol–water partition coefficient (Wildman–Crippen LogP) is 3.54. The smallest absolute Gasteiger partial charge is 0.274 e. The van der Waals surface area contributed by atoms with Gasteiger partial charge in [-0.2, -0.15) is 0 Å². The molecular formula is C12H5ClF4N2O. The number of anilines is 1. The van der Waals surface area contributed by atoms with Crippen molar-refractivity contribution in [1.29, 1.82) is 0 Å². The molecule has 1 aromatic carbocycles. The number of halogens is 5. The third-order valence-electron chi connectivity index (χ3n) is 2.30. The van der Waals surface area contributed by atoms with E-state index in [-0.39, 0.29) is 16.8 Å². The fourth-order valence-electron chi connectivity index (χ4n) is 1.39. The molecule has 20 heavy (non-hydrogen) atoms. The van der Waals surface area contributed by atoms with Crippen LogP contribution < -0.4 is 5.32 Å². The van der Waals surface area contributed by atoms with E-state index in [1.807, 2.05) is 0 Å². The monoisotopic (exact) mass is 304 g/mol. The summed E-state index contributed by atoms with van der Waals surface area (Å²) < 4.78 is 52.6. The van der Waals surface area contributed by atoms with Crippen molar-refractivity contribution in [3.05, 3.63) is 58.4 Å². The highest BCUT2D eigenvalue weighted by Gasteiger charge is 2.21. The van der Waals surface area contributed by atoms with Gasteiger partial charge in [-0.05, 0) is 12.1 Å². The Balaban J connectivity index is 2.38. The molecule has 0 bridgehead atoms. The Hall–Kier alpha value is -2.15. The third-order valence-corrected chi connectivity index (χ3v) is 2.54. The number of nitrogens with one attached hydrogen (secondary N) is 1. The third kappa shape index (κ3) is 2.72. The summed E-state index contributed by atoms with van der Waals surface area (Å²) in [7, 11) is 0. The van der Waals surface area contributed by atoms with Crippen LogP contribution in [0.25, 0.3) is 0 Å². The Labute approximate surface area is 115 Å². The number of pyridine rings is 1. The zero-order chi connectivity index (χ0) is 14.9. The maximum absolute atomic E-state index is 13.4. The van der Waals surface area contributed by atoms with Crippen LogP contribution in [0.2, 0.25) is 5.02 Å². The van der Waals surface area contributed by atoms with Crippen molar-refractivity contribution >= 4 is 23.2 Å². The van der Waals surface area contributed by atoms with E-state index in [2.05, 4.69) is 4.98 Å². The second-order valence-electron chi connectivity index (χ2n) is 3.66. The minimum atomic E-state index is -1.71. The van der Waals surface area contributed by atoms with Crippen LogP contribution >= 0.6 is 11.6 Å². The molecule has 2 rings (SSSR count). The summed E-state index contributed by atoms with van der Waals surface area (Å²) in [5.74, 6) is -7.73. The Morgan fingerprint density at radius 3 is 2.25 bits per heavy atom. The molecule has 104 valence electrons. The highest BCUT2D eigenvalue weighted by atomic mass is 35.5. The lowest BCUT2D eigenvalue weighted by Crippen LogP contribution is -2.17. The maximum Gasteiger partial charge on any atom is 0.274 e. The van der Waals surface area contributed by atoms with Crippen molar-refractivity contribution in [2.45, 2.75) is 0 Å². The summed E-state index contributed by atoms with van der Waals surface area (Å²) in [5, 5.41) is 1.88. The first kappa shape index (κ1) is 14.3. The molecule has 0 aliphatic heterocycles. The SMILES string of the molecule is O=C(Nc1c(F)c(F)cc(F)c1F)c1cc(Cl)ccn1. The zero-order valence-corrected chi connectivity index (χ0v) is 10.3. The summed E-state index contributed by atoms with van der Waals surface area (Å²) in [6.45, 7) is 0. The summed E-state index contributed by atoms with van der Waals surface area (Å²) in [4.78, 5) is 15.3. The van der Waals surface area contributed by atoms with Gasteiger partial charge >= 0.3 is 0 Å². The fourth-order valence-corrected chi connectivity index (χ4v) is 1.55. The van der Waals surface area contributed by atoms with E-state index in [9.17, 15) is 22.4 Å².